The number of allylic oxidation sites excluding steroid dienone is 1. The Bertz CT molecular complexity index is 257. The van der Waals surface area contributed by atoms with Crippen LogP contribution < -0.4 is 0 Å². The zero-order valence-electron chi connectivity index (χ0n) is 7.59. The third-order valence-electron chi connectivity index (χ3n) is 3.01. The third-order valence-corrected chi connectivity index (χ3v) is 3.01. The minimum atomic E-state index is -0.118. The van der Waals surface area contributed by atoms with E-state index in [4.69, 9.17) is 4.74 Å². The van der Waals surface area contributed by atoms with Gasteiger partial charge in [-0.25, -0.2) is 0 Å². The van der Waals surface area contributed by atoms with Gasteiger partial charge in [-0.3, -0.25) is 4.79 Å². The molecule has 0 aromatic carbocycles. The number of epoxide rings is 1. The highest BCUT2D eigenvalue weighted by atomic mass is 16.6. The topological polar surface area (TPSA) is 29.6 Å². The summed E-state index contributed by atoms with van der Waals surface area (Å²) in [6.07, 6.45) is 1.80. The third kappa shape index (κ3) is 0.944. The van der Waals surface area contributed by atoms with Crippen molar-refractivity contribution in [1.82, 2.24) is 0 Å². The van der Waals surface area contributed by atoms with Crippen molar-refractivity contribution < 1.29 is 9.53 Å². The van der Waals surface area contributed by atoms with Crippen LogP contribution in [0.5, 0.6) is 0 Å². The van der Waals surface area contributed by atoms with Gasteiger partial charge < -0.3 is 4.74 Å². The number of rotatable bonds is 1. The van der Waals surface area contributed by atoms with Gasteiger partial charge in [0, 0.05) is 5.92 Å². The summed E-state index contributed by atoms with van der Waals surface area (Å²) in [5, 5.41) is 0. The average molecular weight is 166 g/mol. The molecule has 0 N–H and O–H groups in total. The van der Waals surface area contributed by atoms with Crippen molar-refractivity contribution in [2.45, 2.75) is 38.4 Å². The molecule has 3 atom stereocenters. The second-order valence-electron chi connectivity index (χ2n) is 4.15. The van der Waals surface area contributed by atoms with E-state index in [1.165, 1.54) is 0 Å². The molecular formula is C10H14O2. The molecule has 2 heteroatoms. The standard InChI is InChI=1S/C10H14O2/c1-6(2)7-4-5-10(3)9(12-10)8(7)11/h7,9H,1,4-5H2,2-3H3. The number of ketones is 1. The fourth-order valence-corrected chi connectivity index (χ4v) is 2.03. The Hall–Kier alpha value is -0.630. The number of Topliss-reactive ketones (excluding diaryl/α,β-unsaturated/α-hetero) is 1. The zero-order valence-corrected chi connectivity index (χ0v) is 7.59. The van der Waals surface area contributed by atoms with Crippen molar-refractivity contribution in [2.75, 3.05) is 0 Å². The van der Waals surface area contributed by atoms with E-state index in [0.29, 0.717) is 0 Å². The van der Waals surface area contributed by atoms with Crippen molar-refractivity contribution >= 4 is 5.78 Å². The average Bonchev–Trinajstić information content (AvgIpc) is 2.62. The van der Waals surface area contributed by atoms with Gasteiger partial charge in [0.25, 0.3) is 0 Å². The van der Waals surface area contributed by atoms with Gasteiger partial charge in [-0.05, 0) is 26.7 Å². The summed E-state index contributed by atoms with van der Waals surface area (Å²) >= 11 is 0. The Balaban J connectivity index is 2.15. The normalized spacial score (nSPS) is 45.3. The zero-order chi connectivity index (χ0) is 8.93. The molecule has 2 nitrogen and oxygen atoms in total. The van der Waals surface area contributed by atoms with E-state index >= 15 is 0 Å². The van der Waals surface area contributed by atoms with Crippen molar-refractivity contribution in [3.63, 3.8) is 0 Å². The Morgan fingerprint density at radius 3 is 3.00 bits per heavy atom. The van der Waals surface area contributed by atoms with E-state index in [1.54, 1.807) is 0 Å². The molecule has 1 aliphatic carbocycles. The molecule has 1 heterocycles. The van der Waals surface area contributed by atoms with Crippen LogP contribution in [0.4, 0.5) is 0 Å². The monoisotopic (exact) mass is 166 g/mol. The molecule has 0 radical (unpaired) electrons. The summed E-state index contributed by atoms with van der Waals surface area (Å²) < 4.78 is 5.37. The molecule has 1 aliphatic heterocycles. The molecule has 1 saturated heterocycles. The number of carbonyl (C=O) groups is 1. The van der Waals surface area contributed by atoms with Gasteiger partial charge >= 0.3 is 0 Å². The van der Waals surface area contributed by atoms with Crippen molar-refractivity contribution in [2.24, 2.45) is 5.92 Å². The molecule has 0 bridgehead atoms. The second-order valence-corrected chi connectivity index (χ2v) is 4.15. The van der Waals surface area contributed by atoms with Gasteiger partial charge in [-0.2, -0.15) is 0 Å². The van der Waals surface area contributed by atoms with Crippen LogP contribution in [0.1, 0.15) is 26.7 Å². The summed E-state index contributed by atoms with van der Waals surface area (Å²) in [5.74, 6) is 0.307. The highest BCUT2D eigenvalue weighted by molar-refractivity contribution is 5.92. The molecule has 0 spiro atoms. The Morgan fingerprint density at radius 2 is 2.42 bits per heavy atom. The maximum atomic E-state index is 11.6. The van der Waals surface area contributed by atoms with Crippen LogP contribution in [0, 0.1) is 5.92 Å². The largest absolute Gasteiger partial charge is 0.358 e. The Kier molecular flexibility index (Phi) is 1.46. The second kappa shape index (κ2) is 2.19. The van der Waals surface area contributed by atoms with Crippen molar-refractivity contribution in [3.8, 4) is 0 Å². The fourth-order valence-electron chi connectivity index (χ4n) is 2.03. The molecule has 66 valence electrons. The smallest absolute Gasteiger partial charge is 0.171 e. The van der Waals surface area contributed by atoms with Gasteiger partial charge in [0.05, 0.1) is 5.60 Å². The molecule has 3 unspecified atom stereocenters. The molecule has 12 heavy (non-hydrogen) atoms. The highest BCUT2D eigenvalue weighted by Gasteiger charge is 2.60. The van der Waals surface area contributed by atoms with Gasteiger partial charge in [0.15, 0.2) is 5.78 Å². The van der Waals surface area contributed by atoms with E-state index in [0.717, 1.165) is 18.4 Å². The summed E-state index contributed by atoms with van der Waals surface area (Å²) in [6.45, 7) is 7.77. The quantitative estimate of drug-likeness (QED) is 0.438. The molecule has 2 rings (SSSR count). The number of fused-ring (bicyclic) bond motifs is 1. The van der Waals surface area contributed by atoms with Gasteiger partial charge in [-0.1, -0.05) is 12.2 Å². The Morgan fingerprint density at radius 1 is 1.75 bits per heavy atom. The first-order chi connectivity index (χ1) is 5.54. The molecular weight excluding hydrogens is 152 g/mol. The van der Waals surface area contributed by atoms with Crippen LogP contribution in [0.3, 0.4) is 0 Å². The van der Waals surface area contributed by atoms with Gasteiger partial charge in [0.2, 0.25) is 0 Å². The first-order valence-electron chi connectivity index (χ1n) is 4.41. The van der Waals surface area contributed by atoms with Gasteiger partial charge in [0.1, 0.15) is 6.10 Å². The van der Waals surface area contributed by atoms with Crippen molar-refractivity contribution in [3.05, 3.63) is 12.2 Å². The molecule has 1 saturated carbocycles. The summed E-state index contributed by atoms with van der Waals surface area (Å²) in [4.78, 5) is 11.6. The maximum Gasteiger partial charge on any atom is 0.171 e. The van der Waals surface area contributed by atoms with Crippen LogP contribution in [0.25, 0.3) is 0 Å². The predicted molar refractivity (Wildman–Crippen MR) is 45.8 cm³/mol. The Labute approximate surface area is 72.6 Å². The fraction of sp³-hybridized carbons (Fsp3) is 0.700. The minimum Gasteiger partial charge on any atom is -0.358 e. The molecule has 2 aliphatic rings. The van der Waals surface area contributed by atoms with E-state index in [-0.39, 0.29) is 23.4 Å². The lowest BCUT2D eigenvalue weighted by Gasteiger charge is -2.20. The highest BCUT2D eigenvalue weighted by Crippen LogP contribution is 2.48. The van der Waals surface area contributed by atoms with E-state index in [9.17, 15) is 4.79 Å². The summed E-state index contributed by atoms with van der Waals surface area (Å²) in [7, 11) is 0. The van der Waals surface area contributed by atoms with E-state index < -0.39 is 0 Å². The van der Waals surface area contributed by atoms with Crippen LogP contribution in [0.2, 0.25) is 0 Å². The van der Waals surface area contributed by atoms with Gasteiger partial charge in [-0.15, -0.1) is 0 Å². The molecule has 2 fully saturated rings. The lowest BCUT2D eigenvalue weighted by atomic mass is 9.79. The van der Waals surface area contributed by atoms with Crippen molar-refractivity contribution in [1.29, 1.82) is 0 Å². The number of carbonyl (C=O) groups excluding carboxylic acids is 1. The number of hydrogen-bond donors (Lipinski definition) is 0. The first-order valence-corrected chi connectivity index (χ1v) is 4.41. The molecule has 0 amide bonds. The maximum absolute atomic E-state index is 11.6. The first kappa shape index (κ1) is 7.99. The van der Waals surface area contributed by atoms with E-state index in [1.807, 2.05) is 13.8 Å². The predicted octanol–water partition coefficient (Wildman–Crippen LogP) is 1.70. The number of hydrogen-bond acceptors (Lipinski definition) is 2. The molecule has 0 aromatic rings. The van der Waals surface area contributed by atoms with Crippen LogP contribution in [-0.2, 0) is 9.53 Å². The SMILES string of the molecule is C=C(C)C1CCC2(C)OC2C1=O. The minimum absolute atomic E-state index is 0.0607. The van der Waals surface area contributed by atoms with Crippen LogP contribution >= 0.6 is 0 Å². The lowest BCUT2D eigenvalue weighted by Crippen LogP contribution is -2.31. The van der Waals surface area contributed by atoms with Crippen LogP contribution in [-0.4, -0.2) is 17.5 Å². The van der Waals surface area contributed by atoms with Crippen LogP contribution in [0.15, 0.2) is 12.2 Å². The summed E-state index contributed by atoms with van der Waals surface area (Å²) in [5.41, 5.74) is 0.876. The van der Waals surface area contributed by atoms with E-state index in [2.05, 4.69) is 6.58 Å². The lowest BCUT2D eigenvalue weighted by molar-refractivity contribution is -0.123. The number of ether oxygens (including phenoxy) is 1. The molecule has 0 aromatic heterocycles. The summed E-state index contributed by atoms with van der Waals surface area (Å²) in [6, 6.07) is 0.